The van der Waals surface area contributed by atoms with Gasteiger partial charge in [-0.3, -0.25) is 0 Å². The lowest BCUT2D eigenvalue weighted by atomic mass is 10.0. The van der Waals surface area contributed by atoms with Gasteiger partial charge in [0.15, 0.2) is 0 Å². The van der Waals surface area contributed by atoms with Crippen molar-refractivity contribution >= 4 is 0 Å². The first-order valence-electron chi connectivity index (χ1n) is 13.4. The minimum absolute atomic E-state index is 1.13. The lowest BCUT2D eigenvalue weighted by molar-refractivity contribution is 0.545. The lowest BCUT2D eigenvalue weighted by Gasteiger charge is -2.02. The second-order valence-corrected chi connectivity index (χ2v) is 8.92. The van der Waals surface area contributed by atoms with Crippen molar-refractivity contribution in [3.8, 4) is 11.8 Å². The van der Waals surface area contributed by atoms with Gasteiger partial charge < -0.3 is 0 Å². The zero-order valence-corrected chi connectivity index (χ0v) is 20.0. The van der Waals surface area contributed by atoms with Gasteiger partial charge >= 0.3 is 0 Å². The molecule has 0 heterocycles. The van der Waals surface area contributed by atoms with E-state index in [2.05, 4.69) is 25.7 Å². The molecular weight excluding hydrogens is 336 g/mol. The van der Waals surface area contributed by atoms with Crippen molar-refractivity contribution in [1.29, 1.82) is 0 Å². The molecule has 0 saturated heterocycles. The van der Waals surface area contributed by atoms with Crippen LogP contribution in [0.15, 0.2) is 0 Å². The van der Waals surface area contributed by atoms with Crippen LogP contribution in [0.1, 0.15) is 168 Å². The average molecular weight is 391 g/mol. The topological polar surface area (TPSA) is 0 Å². The summed E-state index contributed by atoms with van der Waals surface area (Å²) in [5, 5.41) is 0. The molecule has 166 valence electrons. The summed E-state index contributed by atoms with van der Waals surface area (Å²) in [5.74, 6) is 6.80. The fourth-order valence-electron chi connectivity index (χ4n) is 3.93. The summed E-state index contributed by atoms with van der Waals surface area (Å²) in [7, 11) is 0. The van der Waals surface area contributed by atoms with Gasteiger partial charge in [-0.2, -0.15) is 0 Å². The molecule has 0 atom stereocenters. The Labute approximate surface area is 180 Å². The molecule has 0 saturated carbocycles. The summed E-state index contributed by atoms with van der Waals surface area (Å²) in [4.78, 5) is 0. The molecule has 0 unspecified atom stereocenters. The van der Waals surface area contributed by atoms with Gasteiger partial charge in [-0.15, -0.1) is 11.8 Å². The fraction of sp³-hybridized carbons (Fsp3) is 0.929. The van der Waals surface area contributed by atoms with Crippen LogP contribution in [-0.4, -0.2) is 0 Å². The van der Waals surface area contributed by atoms with E-state index < -0.39 is 0 Å². The second kappa shape index (κ2) is 26.6. The van der Waals surface area contributed by atoms with E-state index in [1.54, 1.807) is 0 Å². The Balaban J connectivity index is 3.08. The van der Waals surface area contributed by atoms with Gasteiger partial charge in [0.25, 0.3) is 0 Å². The molecule has 0 N–H and O–H groups in total. The SMILES string of the molecule is CCCCCCCCCCCCC#CCCCCCCCCCCCCCC. The maximum atomic E-state index is 3.40. The molecule has 0 amide bonds. The predicted molar refractivity (Wildman–Crippen MR) is 130 cm³/mol. The van der Waals surface area contributed by atoms with Gasteiger partial charge in [0.1, 0.15) is 0 Å². The minimum Gasteiger partial charge on any atom is -0.103 e. The Morgan fingerprint density at radius 1 is 0.286 bits per heavy atom. The summed E-state index contributed by atoms with van der Waals surface area (Å²) >= 11 is 0. The zero-order chi connectivity index (χ0) is 20.4. The molecule has 0 aromatic rings. The van der Waals surface area contributed by atoms with Gasteiger partial charge in [0, 0.05) is 12.8 Å². The number of hydrogen-bond donors (Lipinski definition) is 0. The highest BCUT2D eigenvalue weighted by atomic mass is 14.0. The Bertz CT molecular complexity index is 319. The molecule has 0 heteroatoms. The van der Waals surface area contributed by atoms with Crippen LogP contribution < -0.4 is 0 Å². The van der Waals surface area contributed by atoms with Crippen LogP contribution in [0.25, 0.3) is 0 Å². The van der Waals surface area contributed by atoms with Gasteiger partial charge in [0.05, 0.1) is 0 Å². The first-order chi connectivity index (χ1) is 13.9. The van der Waals surface area contributed by atoms with Crippen molar-refractivity contribution in [2.75, 3.05) is 0 Å². The largest absolute Gasteiger partial charge is 0.103 e. The first-order valence-corrected chi connectivity index (χ1v) is 13.4. The highest BCUT2D eigenvalue weighted by molar-refractivity contribution is 4.98. The molecule has 0 aromatic carbocycles. The molecule has 28 heavy (non-hydrogen) atoms. The number of unbranched alkanes of at least 4 members (excludes halogenated alkanes) is 22. The zero-order valence-electron chi connectivity index (χ0n) is 20.0. The molecule has 0 aliphatic rings. The summed E-state index contributed by atoms with van der Waals surface area (Å²) in [5.41, 5.74) is 0. The first kappa shape index (κ1) is 27.6. The van der Waals surface area contributed by atoms with E-state index >= 15 is 0 Å². The standard InChI is InChI=1S/C28H54/c1-3-5-7-9-11-13-15-17-19-21-23-25-27-28-26-24-22-20-18-16-14-12-10-8-6-4-2/h3-25,27H2,1-2H3. The number of rotatable bonds is 22. The smallest absolute Gasteiger partial charge is 0.00886 e. The van der Waals surface area contributed by atoms with Crippen LogP contribution in [-0.2, 0) is 0 Å². The van der Waals surface area contributed by atoms with Crippen LogP contribution >= 0.6 is 0 Å². The highest BCUT2D eigenvalue weighted by Crippen LogP contribution is 2.13. The molecule has 0 rings (SSSR count). The van der Waals surface area contributed by atoms with Gasteiger partial charge in [-0.05, 0) is 12.8 Å². The Morgan fingerprint density at radius 3 is 0.750 bits per heavy atom. The van der Waals surface area contributed by atoms with Crippen LogP contribution in [0.3, 0.4) is 0 Å². The molecule has 0 fully saturated rings. The quantitative estimate of drug-likeness (QED) is 0.127. The van der Waals surface area contributed by atoms with Crippen LogP contribution in [0.5, 0.6) is 0 Å². The fourth-order valence-corrected chi connectivity index (χ4v) is 3.93. The van der Waals surface area contributed by atoms with E-state index in [-0.39, 0.29) is 0 Å². The minimum atomic E-state index is 1.13. The van der Waals surface area contributed by atoms with Crippen molar-refractivity contribution in [1.82, 2.24) is 0 Å². The molecule has 0 nitrogen and oxygen atoms in total. The Morgan fingerprint density at radius 2 is 0.500 bits per heavy atom. The van der Waals surface area contributed by atoms with Crippen molar-refractivity contribution in [2.45, 2.75) is 168 Å². The lowest BCUT2D eigenvalue weighted by Crippen LogP contribution is -1.82. The molecule has 0 radical (unpaired) electrons. The summed E-state index contributed by atoms with van der Waals surface area (Å²) in [6, 6.07) is 0. The van der Waals surface area contributed by atoms with Gasteiger partial charge in [-0.1, -0.05) is 142 Å². The van der Waals surface area contributed by atoms with Crippen molar-refractivity contribution < 1.29 is 0 Å². The van der Waals surface area contributed by atoms with Crippen molar-refractivity contribution in [2.24, 2.45) is 0 Å². The van der Waals surface area contributed by atoms with E-state index in [0.717, 1.165) is 12.8 Å². The monoisotopic (exact) mass is 390 g/mol. The van der Waals surface area contributed by atoms with Gasteiger partial charge in [-0.25, -0.2) is 0 Å². The van der Waals surface area contributed by atoms with E-state index in [1.807, 2.05) is 0 Å². The van der Waals surface area contributed by atoms with Gasteiger partial charge in [0.2, 0.25) is 0 Å². The summed E-state index contributed by atoms with van der Waals surface area (Å²) in [6.45, 7) is 4.59. The normalized spacial score (nSPS) is 10.8. The average Bonchev–Trinajstić information content (AvgIpc) is 2.71. The highest BCUT2D eigenvalue weighted by Gasteiger charge is 1.93. The Hall–Kier alpha value is -0.440. The van der Waals surface area contributed by atoms with Crippen LogP contribution in [0, 0.1) is 11.8 Å². The van der Waals surface area contributed by atoms with Crippen LogP contribution in [0.4, 0.5) is 0 Å². The molecule has 0 aromatic heterocycles. The molecule has 0 aliphatic carbocycles. The second-order valence-electron chi connectivity index (χ2n) is 8.92. The van der Waals surface area contributed by atoms with E-state index in [0.29, 0.717) is 0 Å². The molecule has 0 bridgehead atoms. The van der Waals surface area contributed by atoms with Crippen molar-refractivity contribution in [3.63, 3.8) is 0 Å². The van der Waals surface area contributed by atoms with Crippen molar-refractivity contribution in [3.05, 3.63) is 0 Å². The molecular formula is C28H54. The molecule has 0 aliphatic heterocycles. The summed E-state index contributed by atoms with van der Waals surface area (Å²) < 4.78 is 0. The summed E-state index contributed by atoms with van der Waals surface area (Å²) in [6.07, 6.45) is 33.6. The third kappa shape index (κ3) is 25.6. The molecule has 0 spiro atoms. The van der Waals surface area contributed by atoms with E-state index in [1.165, 1.54) is 141 Å². The maximum Gasteiger partial charge on any atom is 0.00886 e. The Kier molecular flexibility index (Phi) is 26.1. The third-order valence-corrected chi connectivity index (χ3v) is 5.94. The predicted octanol–water partition coefficient (Wildman–Crippen LogP) is 10.4. The number of hydrogen-bond acceptors (Lipinski definition) is 0. The third-order valence-electron chi connectivity index (χ3n) is 5.94. The maximum absolute atomic E-state index is 3.40. The van der Waals surface area contributed by atoms with E-state index in [4.69, 9.17) is 0 Å². The van der Waals surface area contributed by atoms with E-state index in [9.17, 15) is 0 Å². The van der Waals surface area contributed by atoms with Crippen LogP contribution in [0.2, 0.25) is 0 Å².